The van der Waals surface area contributed by atoms with Crippen molar-refractivity contribution < 1.29 is 37.9 Å². The van der Waals surface area contributed by atoms with Gasteiger partial charge >= 0.3 is 0 Å². The van der Waals surface area contributed by atoms with Crippen LogP contribution in [0.3, 0.4) is 0 Å². The predicted molar refractivity (Wildman–Crippen MR) is 216 cm³/mol. The van der Waals surface area contributed by atoms with Crippen LogP contribution >= 0.6 is 127 Å². The van der Waals surface area contributed by atoms with E-state index >= 15 is 0 Å². The number of rotatable bonds is 8. The lowest BCUT2D eigenvalue weighted by Crippen LogP contribution is -2.09. The Kier molecular flexibility index (Phi) is 12.0. The largest absolute Gasteiger partial charge is 0.492 e. The minimum absolute atomic E-state index is 0.456. The molecule has 0 fully saturated rings. The summed E-state index contributed by atoms with van der Waals surface area (Å²) >= 11 is 31.4. The summed E-state index contributed by atoms with van der Waals surface area (Å²) in [6.07, 6.45) is 0. The fraction of sp³-hybridized carbons (Fsp3) is 0.250. The van der Waals surface area contributed by atoms with Gasteiger partial charge in [0.1, 0.15) is 0 Å². The van der Waals surface area contributed by atoms with E-state index in [4.69, 9.17) is 37.9 Å². The fourth-order valence-corrected chi connectivity index (χ4v) is 11.8. The molecule has 4 aromatic carbocycles. The minimum Gasteiger partial charge on any atom is -0.492 e. The highest BCUT2D eigenvalue weighted by Gasteiger charge is 2.41. The van der Waals surface area contributed by atoms with Gasteiger partial charge in [-0.1, -0.05) is 0 Å². The minimum atomic E-state index is 0.456. The van der Waals surface area contributed by atoms with E-state index in [1.54, 1.807) is 56.9 Å². The number of fused-ring (bicyclic) bond motifs is 8. The molecule has 0 saturated carbocycles. The van der Waals surface area contributed by atoms with Crippen molar-refractivity contribution in [2.45, 2.75) is 0 Å². The van der Waals surface area contributed by atoms with Gasteiger partial charge in [-0.3, -0.25) is 0 Å². The van der Waals surface area contributed by atoms with Gasteiger partial charge in [0.05, 0.1) is 92.7 Å². The molecule has 0 radical (unpaired) electrons. The Morgan fingerprint density at radius 3 is 0.354 bits per heavy atom. The maximum Gasteiger partial charge on any atom is 0.176 e. The van der Waals surface area contributed by atoms with Crippen molar-refractivity contribution in [2.24, 2.45) is 0 Å². The van der Waals surface area contributed by atoms with Gasteiger partial charge in [0.15, 0.2) is 46.0 Å². The summed E-state index contributed by atoms with van der Waals surface area (Å²) in [7, 11) is 12.7. The molecule has 16 heteroatoms. The third-order valence-electron chi connectivity index (χ3n) is 7.81. The zero-order valence-electron chi connectivity index (χ0n) is 26.3. The van der Waals surface area contributed by atoms with Gasteiger partial charge in [0.25, 0.3) is 0 Å². The third kappa shape index (κ3) is 5.44. The molecule has 0 aromatic heterocycles. The topological polar surface area (TPSA) is 73.8 Å². The lowest BCUT2D eigenvalue weighted by atomic mass is 9.79. The van der Waals surface area contributed by atoms with Crippen LogP contribution in [0, 0.1) is 0 Å². The van der Waals surface area contributed by atoms with E-state index in [-0.39, 0.29) is 0 Å². The van der Waals surface area contributed by atoms with Gasteiger partial charge in [-0.25, -0.2) is 0 Å². The zero-order chi connectivity index (χ0) is 35.5. The molecule has 0 aliphatic heterocycles. The van der Waals surface area contributed by atoms with Crippen LogP contribution in [0.5, 0.6) is 46.0 Å². The molecular weight excluding hydrogens is 1150 g/mol. The molecule has 8 nitrogen and oxygen atoms in total. The SMILES string of the molecule is COc1c(Br)c2c(c(Br)c1OC)-c1c(Br)c(OC)c(OC)c(Br)c1-c1c(Br)c(OC)c(OC)c(Br)c1-c1c(Br)c(OC)c(OC)c(Br)c1-2. The van der Waals surface area contributed by atoms with E-state index in [0.717, 1.165) is 0 Å². The summed E-state index contributed by atoms with van der Waals surface area (Å²) < 4.78 is 52.6. The molecule has 0 bridgehead atoms. The predicted octanol–water partition coefficient (Wildman–Crippen LogP) is 12.8. The second-order valence-electron chi connectivity index (χ2n) is 9.78. The van der Waals surface area contributed by atoms with Crippen LogP contribution in [0.25, 0.3) is 44.5 Å². The van der Waals surface area contributed by atoms with Gasteiger partial charge in [-0.2, -0.15) is 0 Å². The number of hydrogen-bond acceptors (Lipinski definition) is 8. The van der Waals surface area contributed by atoms with E-state index in [1.807, 2.05) is 0 Å². The molecule has 0 heterocycles. The quantitative estimate of drug-likeness (QED) is 0.152. The standard InChI is InChI=1S/C32H24Br8O8/c1-41-25-17(33)9-10(18(34)26(25)42-2)12-14(22(38)30(46-6)28(44-4)20(12)36)16-15(23(39)31(47-7)32(48-8)24(16)40)13-11(9)19(35)27(43-3)29(45-5)21(13)37/h1-8H3. The lowest BCUT2D eigenvalue weighted by Gasteiger charge is -2.32. The molecule has 0 amide bonds. The summed E-state index contributed by atoms with van der Waals surface area (Å²) in [5.41, 5.74) is 5.72. The molecular formula is C32H24Br8O8. The number of ether oxygens (including phenoxy) is 8. The second kappa shape index (κ2) is 15.0. The molecule has 256 valence electrons. The Labute approximate surface area is 344 Å². The summed E-state index contributed by atoms with van der Waals surface area (Å²) in [5.74, 6) is 3.65. The summed E-state index contributed by atoms with van der Waals surface area (Å²) in [4.78, 5) is 0. The highest BCUT2D eigenvalue weighted by Crippen LogP contribution is 2.68. The van der Waals surface area contributed by atoms with Gasteiger partial charge < -0.3 is 37.9 Å². The van der Waals surface area contributed by atoms with E-state index in [9.17, 15) is 0 Å². The first kappa shape index (κ1) is 38.4. The normalized spacial score (nSPS) is 11.3. The lowest BCUT2D eigenvalue weighted by molar-refractivity contribution is 0.350. The first-order valence-electron chi connectivity index (χ1n) is 13.4. The molecule has 4 aromatic rings. The van der Waals surface area contributed by atoms with Crippen LogP contribution in [0.2, 0.25) is 0 Å². The molecule has 1 aliphatic carbocycles. The first-order valence-corrected chi connectivity index (χ1v) is 19.8. The molecule has 0 saturated heterocycles. The second-order valence-corrected chi connectivity index (χ2v) is 16.1. The number of methoxy groups -OCH3 is 8. The summed E-state index contributed by atoms with van der Waals surface area (Å²) in [6.45, 7) is 0. The number of benzene rings is 4. The monoisotopic (exact) mass is 1170 g/mol. The van der Waals surface area contributed by atoms with E-state index in [0.29, 0.717) is 126 Å². The van der Waals surface area contributed by atoms with Gasteiger partial charge in [0.2, 0.25) is 0 Å². The highest BCUT2D eigenvalue weighted by atomic mass is 79.9. The van der Waals surface area contributed by atoms with Crippen molar-refractivity contribution in [2.75, 3.05) is 56.9 Å². The van der Waals surface area contributed by atoms with Crippen molar-refractivity contribution in [3.8, 4) is 90.5 Å². The first-order chi connectivity index (χ1) is 22.9. The van der Waals surface area contributed by atoms with Crippen molar-refractivity contribution in [1.29, 1.82) is 0 Å². The Balaban J connectivity index is 2.35. The van der Waals surface area contributed by atoms with Crippen LogP contribution in [0.1, 0.15) is 0 Å². The maximum absolute atomic E-state index is 5.97. The van der Waals surface area contributed by atoms with Gasteiger partial charge in [-0.15, -0.1) is 0 Å². The molecule has 0 N–H and O–H groups in total. The van der Waals surface area contributed by atoms with Crippen LogP contribution in [-0.4, -0.2) is 56.9 Å². The van der Waals surface area contributed by atoms with Crippen molar-refractivity contribution in [3.63, 3.8) is 0 Å². The molecule has 48 heavy (non-hydrogen) atoms. The van der Waals surface area contributed by atoms with Crippen molar-refractivity contribution >= 4 is 127 Å². The molecule has 0 atom stereocenters. The van der Waals surface area contributed by atoms with E-state index in [2.05, 4.69) is 127 Å². The Hall–Kier alpha value is -0.880. The fourth-order valence-electron chi connectivity index (χ4n) is 5.92. The van der Waals surface area contributed by atoms with Crippen LogP contribution in [-0.2, 0) is 0 Å². The zero-order valence-corrected chi connectivity index (χ0v) is 39.0. The van der Waals surface area contributed by atoms with Crippen LogP contribution in [0.15, 0.2) is 35.8 Å². The maximum atomic E-state index is 5.97. The van der Waals surface area contributed by atoms with Crippen molar-refractivity contribution in [1.82, 2.24) is 0 Å². The third-order valence-corrected chi connectivity index (χ3v) is 13.9. The Morgan fingerprint density at radius 1 is 0.208 bits per heavy atom. The molecule has 1 aliphatic rings. The average Bonchev–Trinajstić information content (AvgIpc) is 3.06. The summed E-state index contributed by atoms with van der Waals surface area (Å²) in [5, 5.41) is 0. The molecule has 0 spiro atoms. The van der Waals surface area contributed by atoms with Gasteiger partial charge in [0, 0.05) is 44.5 Å². The van der Waals surface area contributed by atoms with Crippen LogP contribution in [0.4, 0.5) is 0 Å². The van der Waals surface area contributed by atoms with Crippen LogP contribution < -0.4 is 37.9 Å². The Morgan fingerprint density at radius 2 is 0.292 bits per heavy atom. The summed E-state index contributed by atoms with van der Waals surface area (Å²) in [6, 6.07) is 0. The smallest absolute Gasteiger partial charge is 0.176 e. The Bertz CT molecular complexity index is 1560. The molecule has 5 rings (SSSR count). The highest BCUT2D eigenvalue weighted by molar-refractivity contribution is 9.12. The van der Waals surface area contributed by atoms with E-state index in [1.165, 1.54) is 0 Å². The van der Waals surface area contributed by atoms with Gasteiger partial charge in [-0.05, 0) is 127 Å². The number of halogens is 8. The number of hydrogen-bond donors (Lipinski definition) is 0. The van der Waals surface area contributed by atoms with E-state index < -0.39 is 0 Å². The average molecular weight is 1180 g/mol. The molecule has 0 unspecified atom stereocenters. The van der Waals surface area contributed by atoms with Crippen molar-refractivity contribution in [3.05, 3.63) is 35.8 Å².